The molecule has 1 heterocycles. The van der Waals surface area contributed by atoms with Crippen LogP contribution in [0.25, 0.3) is 0 Å². The average molecular weight is 408 g/mol. The van der Waals surface area contributed by atoms with Crippen LogP contribution in [-0.2, 0) is 14.4 Å². The molecule has 1 aliphatic heterocycles. The molecule has 0 radical (unpaired) electrons. The number of aliphatic hydroxyl groups excluding tert-OH is 1. The summed E-state index contributed by atoms with van der Waals surface area (Å²) >= 11 is 0. The molecule has 7 atom stereocenters. The first-order valence-electron chi connectivity index (χ1n) is 11.0. The van der Waals surface area contributed by atoms with Crippen molar-refractivity contribution in [1.29, 1.82) is 0 Å². The molecule has 1 unspecified atom stereocenters. The van der Waals surface area contributed by atoms with Crippen LogP contribution < -0.4 is 10.6 Å². The maximum atomic E-state index is 13.5. The Kier molecular flexibility index (Phi) is 8.25. The van der Waals surface area contributed by atoms with Crippen LogP contribution in [0.15, 0.2) is 12.2 Å². The molecule has 1 aliphatic carbocycles. The summed E-state index contributed by atoms with van der Waals surface area (Å²) < 4.78 is 0. The van der Waals surface area contributed by atoms with E-state index in [0.717, 1.165) is 19.3 Å². The van der Waals surface area contributed by atoms with Gasteiger partial charge in [-0.15, -0.1) is 0 Å². The Labute approximate surface area is 174 Å². The molecule has 1 fully saturated rings. The molecule has 3 amide bonds. The van der Waals surface area contributed by atoms with Crippen molar-refractivity contribution in [3.05, 3.63) is 12.2 Å². The van der Waals surface area contributed by atoms with Gasteiger partial charge < -0.3 is 20.6 Å². The molecule has 1 saturated heterocycles. The first kappa shape index (κ1) is 23.4. The molecular formula is C22H37N3O4. The number of hydrogen-bond acceptors (Lipinski definition) is 4. The molecule has 29 heavy (non-hydrogen) atoms. The molecule has 0 aromatic carbocycles. The summed E-state index contributed by atoms with van der Waals surface area (Å²) in [5.41, 5.74) is 0. The zero-order chi connectivity index (χ0) is 21.7. The Hall–Kier alpha value is -1.89. The number of aliphatic hydroxyl groups is 1. The highest BCUT2D eigenvalue weighted by Gasteiger charge is 2.58. The second-order valence-electron chi connectivity index (χ2n) is 8.33. The highest BCUT2D eigenvalue weighted by atomic mass is 16.3. The van der Waals surface area contributed by atoms with Gasteiger partial charge >= 0.3 is 0 Å². The van der Waals surface area contributed by atoms with Crippen LogP contribution >= 0.6 is 0 Å². The molecule has 3 N–H and O–H groups in total. The minimum atomic E-state index is -0.704. The van der Waals surface area contributed by atoms with E-state index in [2.05, 4.69) is 17.6 Å². The van der Waals surface area contributed by atoms with E-state index < -0.39 is 23.9 Å². The summed E-state index contributed by atoms with van der Waals surface area (Å²) in [4.78, 5) is 41.1. The fourth-order valence-corrected chi connectivity index (χ4v) is 5.00. The maximum Gasteiger partial charge on any atom is 0.243 e. The van der Waals surface area contributed by atoms with Crippen LogP contribution in [0, 0.1) is 23.7 Å². The van der Waals surface area contributed by atoms with Crippen molar-refractivity contribution in [3.63, 3.8) is 0 Å². The van der Waals surface area contributed by atoms with E-state index in [9.17, 15) is 19.5 Å². The highest BCUT2D eigenvalue weighted by molar-refractivity contribution is 5.97. The van der Waals surface area contributed by atoms with Crippen molar-refractivity contribution >= 4 is 17.7 Å². The molecule has 7 heteroatoms. The third kappa shape index (κ3) is 4.49. The van der Waals surface area contributed by atoms with E-state index in [1.165, 1.54) is 0 Å². The van der Waals surface area contributed by atoms with Gasteiger partial charge in [-0.1, -0.05) is 39.3 Å². The molecular weight excluding hydrogens is 370 g/mol. The number of carbonyl (C=O) groups is 3. The first-order chi connectivity index (χ1) is 13.9. The summed E-state index contributed by atoms with van der Waals surface area (Å²) in [6.07, 6.45) is 7.04. The van der Waals surface area contributed by atoms with Gasteiger partial charge in [0.15, 0.2) is 0 Å². The Morgan fingerprint density at radius 1 is 1.21 bits per heavy atom. The summed E-state index contributed by atoms with van der Waals surface area (Å²) in [6, 6.07) is -1.14. The van der Waals surface area contributed by atoms with Gasteiger partial charge in [0.25, 0.3) is 0 Å². The van der Waals surface area contributed by atoms with Crippen LogP contribution in [-0.4, -0.2) is 59.5 Å². The van der Waals surface area contributed by atoms with Gasteiger partial charge in [-0.05, 0) is 32.1 Å². The smallest absolute Gasteiger partial charge is 0.243 e. The maximum absolute atomic E-state index is 13.5. The van der Waals surface area contributed by atoms with Crippen molar-refractivity contribution in [2.24, 2.45) is 23.7 Å². The van der Waals surface area contributed by atoms with Crippen LogP contribution in [0.1, 0.15) is 53.4 Å². The van der Waals surface area contributed by atoms with Gasteiger partial charge in [-0.3, -0.25) is 14.4 Å². The van der Waals surface area contributed by atoms with Crippen LogP contribution in [0.5, 0.6) is 0 Å². The monoisotopic (exact) mass is 407 g/mol. The number of allylic oxidation sites excluding steroid dienone is 1. The molecule has 2 aliphatic rings. The molecule has 0 aromatic heterocycles. The molecule has 0 aromatic rings. The van der Waals surface area contributed by atoms with Gasteiger partial charge in [0, 0.05) is 19.0 Å². The number of fused-ring (bicyclic) bond motifs is 1. The van der Waals surface area contributed by atoms with Crippen molar-refractivity contribution < 1.29 is 19.5 Å². The first-order valence-corrected chi connectivity index (χ1v) is 11.0. The topological polar surface area (TPSA) is 98.7 Å². The van der Waals surface area contributed by atoms with Gasteiger partial charge in [0.1, 0.15) is 6.04 Å². The quantitative estimate of drug-likeness (QED) is 0.504. The van der Waals surface area contributed by atoms with Crippen molar-refractivity contribution in [2.45, 2.75) is 71.5 Å². The zero-order valence-corrected chi connectivity index (χ0v) is 18.4. The number of nitrogens with one attached hydrogen (secondary N) is 2. The largest absolute Gasteiger partial charge is 0.394 e. The van der Waals surface area contributed by atoms with Gasteiger partial charge in [0.2, 0.25) is 17.7 Å². The summed E-state index contributed by atoms with van der Waals surface area (Å²) in [5.74, 6) is -2.06. The van der Waals surface area contributed by atoms with E-state index in [-0.39, 0.29) is 42.2 Å². The molecule has 164 valence electrons. The van der Waals surface area contributed by atoms with Crippen molar-refractivity contribution in [3.8, 4) is 0 Å². The predicted molar refractivity (Wildman–Crippen MR) is 112 cm³/mol. The minimum absolute atomic E-state index is 0.00315. The Morgan fingerprint density at radius 2 is 1.90 bits per heavy atom. The lowest BCUT2D eigenvalue weighted by molar-refractivity contribution is -0.143. The molecule has 2 rings (SSSR count). The fraction of sp³-hybridized carbons (Fsp3) is 0.773. The number of carbonyl (C=O) groups excluding carboxylic acids is 3. The second kappa shape index (κ2) is 10.2. The summed E-state index contributed by atoms with van der Waals surface area (Å²) in [6.45, 7) is 7.71. The van der Waals surface area contributed by atoms with E-state index in [0.29, 0.717) is 6.42 Å². The molecule has 0 spiro atoms. The molecule has 0 saturated carbocycles. The minimum Gasteiger partial charge on any atom is -0.394 e. The fourth-order valence-electron chi connectivity index (χ4n) is 5.00. The van der Waals surface area contributed by atoms with Crippen LogP contribution in [0.2, 0.25) is 0 Å². The van der Waals surface area contributed by atoms with Crippen LogP contribution in [0.4, 0.5) is 0 Å². The Balaban J connectivity index is 2.47. The van der Waals surface area contributed by atoms with Gasteiger partial charge in [-0.2, -0.15) is 0 Å². The standard InChI is InChI=1S/C22H37N3O4/c1-6-9-13(4)24-21(28)19-16-11-10-14(7-2)17(20(27)23-5)18(16)22(29)25(19)15(8-3)12-26/h10-11,13-19,26H,6-9,12H2,1-5H3,(H,23,27)(H,24,28)/t13?,14-,15+,16+,17-,18+,19+/m1/s1. The lowest BCUT2D eigenvalue weighted by Crippen LogP contribution is -2.53. The van der Waals surface area contributed by atoms with Crippen LogP contribution in [0.3, 0.4) is 0 Å². The summed E-state index contributed by atoms with van der Waals surface area (Å²) in [7, 11) is 1.58. The highest BCUT2D eigenvalue weighted by Crippen LogP contribution is 2.45. The van der Waals surface area contributed by atoms with E-state index in [1.54, 1.807) is 11.9 Å². The molecule has 0 bridgehead atoms. The zero-order valence-electron chi connectivity index (χ0n) is 18.4. The van der Waals surface area contributed by atoms with Crippen molar-refractivity contribution in [2.75, 3.05) is 13.7 Å². The predicted octanol–water partition coefficient (Wildman–Crippen LogP) is 1.46. The molecule has 7 nitrogen and oxygen atoms in total. The SMILES string of the molecule is CCCC(C)NC(=O)[C@@H]1[C@H]2C=C[C@@H](CC)[C@@H](C(=O)NC)[C@H]2C(=O)N1[C@@H](CC)CO. The van der Waals surface area contributed by atoms with E-state index in [1.807, 2.05) is 32.9 Å². The number of nitrogens with zero attached hydrogens (tertiary/aromatic N) is 1. The normalized spacial score (nSPS) is 30.6. The number of rotatable bonds is 9. The Morgan fingerprint density at radius 3 is 2.41 bits per heavy atom. The van der Waals surface area contributed by atoms with E-state index in [4.69, 9.17) is 0 Å². The van der Waals surface area contributed by atoms with E-state index >= 15 is 0 Å². The summed E-state index contributed by atoms with van der Waals surface area (Å²) in [5, 5.41) is 15.6. The lowest BCUT2D eigenvalue weighted by atomic mass is 9.69. The third-order valence-electron chi connectivity index (χ3n) is 6.52. The number of hydrogen-bond donors (Lipinski definition) is 3. The average Bonchev–Trinajstić information content (AvgIpc) is 3.00. The van der Waals surface area contributed by atoms with Gasteiger partial charge in [-0.25, -0.2) is 0 Å². The Bertz CT molecular complexity index is 632. The third-order valence-corrected chi connectivity index (χ3v) is 6.52. The van der Waals surface area contributed by atoms with Crippen molar-refractivity contribution in [1.82, 2.24) is 15.5 Å². The number of amides is 3. The lowest BCUT2D eigenvalue weighted by Gasteiger charge is -2.34. The number of likely N-dealkylation sites (tertiary alicyclic amines) is 1. The van der Waals surface area contributed by atoms with Gasteiger partial charge in [0.05, 0.1) is 24.5 Å². The second-order valence-corrected chi connectivity index (χ2v) is 8.33.